The molecular weight excluding hydrogens is 388 g/mol. The van der Waals surface area contributed by atoms with Crippen LogP contribution in [0.1, 0.15) is 60.3 Å². The lowest BCUT2D eigenvalue weighted by Gasteiger charge is -2.31. The third kappa shape index (κ3) is 5.47. The van der Waals surface area contributed by atoms with Gasteiger partial charge in [0, 0.05) is 36.6 Å². The number of carbonyl (C=O) groups is 2. The van der Waals surface area contributed by atoms with Crippen molar-refractivity contribution in [2.75, 3.05) is 13.1 Å². The van der Waals surface area contributed by atoms with E-state index in [0.717, 1.165) is 23.2 Å². The Morgan fingerprint density at radius 1 is 1.21 bits per heavy atom. The first-order chi connectivity index (χ1) is 13.8. The van der Waals surface area contributed by atoms with Crippen molar-refractivity contribution in [3.63, 3.8) is 0 Å². The molecule has 1 aliphatic rings. The fraction of sp³-hybridized carbons (Fsp3) is 0.522. The van der Waals surface area contributed by atoms with Crippen molar-refractivity contribution in [3.8, 4) is 0 Å². The highest BCUT2D eigenvalue weighted by atomic mass is 35.5. The first kappa shape index (κ1) is 21.6. The molecular formula is C23H29ClN2O3. The number of hydrogen-bond donors (Lipinski definition) is 0. The van der Waals surface area contributed by atoms with Gasteiger partial charge in [-0.3, -0.25) is 9.59 Å². The molecule has 5 nitrogen and oxygen atoms in total. The molecule has 156 valence electrons. The number of Topliss-reactive ketones (excluding diaryl/α,β-unsaturated/α-hetero) is 1. The van der Waals surface area contributed by atoms with Gasteiger partial charge >= 0.3 is 0 Å². The Morgan fingerprint density at radius 3 is 2.41 bits per heavy atom. The van der Waals surface area contributed by atoms with Gasteiger partial charge in [0.1, 0.15) is 0 Å². The largest absolute Gasteiger partial charge is 0.344 e. The third-order valence-electron chi connectivity index (χ3n) is 5.63. The first-order valence-electron chi connectivity index (χ1n) is 10.4. The number of benzene rings is 1. The molecule has 0 atom stereocenters. The van der Waals surface area contributed by atoms with Gasteiger partial charge in [-0.15, -0.1) is 0 Å². The molecule has 0 radical (unpaired) electrons. The molecule has 1 amide bonds. The van der Waals surface area contributed by atoms with Gasteiger partial charge in [0.15, 0.2) is 5.78 Å². The van der Waals surface area contributed by atoms with E-state index >= 15 is 0 Å². The number of halogens is 1. The van der Waals surface area contributed by atoms with Gasteiger partial charge in [-0.1, -0.05) is 43.3 Å². The van der Waals surface area contributed by atoms with Gasteiger partial charge in [0.25, 0.3) is 0 Å². The quantitative estimate of drug-likeness (QED) is 0.603. The molecule has 29 heavy (non-hydrogen) atoms. The zero-order valence-electron chi connectivity index (χ0n) is 17.4. The lowest BCUT2D eigenvalue weighted by atomic mass is 9.88. The van der Waals surface area contributed by atoms with E-state index in [1.54, 1.807) is 0 Å². The molecule has 3 rings (SSSR count). The second kappa shape index (κ2) is 9.57. The van der Waals surface area contributed by atoms with E-state index < -0.39 is 0 Å². The van der Waals surface area contributed by atoms with Gasteiger partial charge in [-0.05, 0) is 55.7 Å². The average molecular weight is 417 g/mol. The van der Waals surface area contributed by atoms with Gasteiger partial charge in [-0.2, -0.15) is 0 Å². The number of rotatable bonds is 7. The number of piperidine rings is 1. The van der Waals surface area contributed by atoms with Crippen molar-refractivity contribution in [1.29, 1.82) is 0 Å². The maximum absolute atomic E-state index is 12.8. The van der Waals surface area contributed by atoms with Crippen LogP contribution < -0.4 is 0 Å². The number of aryl methyl sites for hydroxylation is 1. The first-order valence-corrected chi connectivity index (χ1v) is 10.7. The molecule has 1 aromatic carbocycles. The normalized spacial score (nSPS) is 15.1. The highest BCUT2D eigenvalue weighted by Crippen LogP contribution is 2.24. The van der Waals surface area contributed by atoms with E-state index in [1.165, 1.54) is 5.56 Å². The summed E-state index contributed by atoms with van der Waals surface area (Å²) in [7, 11) is 0. The molecule has 1 aliphatic heterocycles. The van der Waals surface area contributed by atoms with Crippen molar-refractivity contribution in [1.82, 2.24) is 10.1 Å². The Balaban J connectivity index is 1.49. The lowest BCUT2D eigenvalue weighted by Crippen LogP contribution is -2.40. The monoisotopic (exact) mass is 416 g/mol. The van der Waals surface area contributed by atoms with Crippen LogP contribution in [0, 0.1) is 18.8 Å². The number of aromatic nitrogens is 1. The summed E-state index contributed by atoms with van der Waals surface area (Å²) in [5.74, 6) is 0.874. The molecule has 2 aromatic rings. The van der Waals surface area contributed by atoms with Crippen LogP contribution in [0.3, 0.4) is 0 Å². The second-order valence-electron chi connectivity index (χ2n) is 8.33. The Bertz CT molecular complexity index is 830. The summed E-state index contributed by atoms with van der Waals surface area (Å²) in [5, 5.41) is 4.08. The Hall–Kier alpha value is -2.14. The van der Waals surface area contributed by atoms with E-state index in [-0.39, 0.29) is 22.8 Å². The van der Waals surface area contributed by atoms with Crippen LogP contribution in [0.25, 0.3) is 0 Å². The predicted molar refractivity (Wildman–Crippen MR) is 113 cm³/mol. The van der Waals surface area contributed by atoms with E-state index in [9.17, 15) is 9.59 Å². The highest BCUT2D eigenvalue weighted by Gasteiger charge is 2.28. The molecule has 2 heterocycles. The Labute approximate surface area is 177 Å². The molecule has 6 heteroatoms. The molecule has 1 saturated heterocycles. The standard InChI is InChI=1S/C23H29ClN2O3/c1-15(2)14-17-4-6-18(7-5-17)22(28)19-10-12-26(13-11-19)21(27)9-8-20-16(3)25-29-23(20)24/h4-7,15,19H,8-14H2,1-3H3. The molecule has 0 unspecified atom stereocenters. The van der Waals surface area contributed by atoms with E-state index in [1.807, 2.05) is 24.0 Å². The number of amides is 1. The summed E-state index contributed by atoms with van der Waals surface area (Å²) in [6.45, 7) is 7.45. The highest BCUT2D eigenvalue weighted by molar-refractivity contribution is 6.29. The molecule has 0 saturated carbocycles. The fourth-order valence-corrected chi connectivity index (χ4v) is 4.20. The summed E-state index contributed by atoms with van der Waals surface area (Å²) >= 11 is 5.97. The zero-order chi connectivity index (χ0) is 21.0. The third-order valence-corrected chi connectivity index (χ3v) is 5.92. The maximum atomic E-state index is 12.8. The van der Waals surface area contributed by atoms with Crippen molar-refractivity contribution < 1.29 is 14.1 Å². The summed E-state index contributed by atoms with van der Waals surface area (Å²) in [5.41, 5.74) is 3.57. The van der Waals surface area contributed by atoms with Crippen LogP contribution >= 0.6 is 11.6 Å². The minimum Gasteiger partial charge on any atom is -0.344 e. The van der Waals surface area contributed by atoms with Crippen LogP contribution in [0.2, 0.25) is 5.22 Å². The Morgan fingerprint density at radius 2 is 1.86 bits per heavy atom. The number of hydrogen-bond acceptors (Lipinski definition) is 4. The van der Waals surface area contributed by atoms with Crippen LogP contribution in [0.15, 0.2) is 28.8 Å². The number of likely N-dealkylation sites (tertiary alicyclic amines) is 1. The summed E-state index contributed by atoms with van der Waals surface area (Å²) in [6.07, 6.45) is 3.34. The van der Waals surface area contributed by atoms with Gasteiger partial charge in [-0.25, -0.2) is 0 Å². The SMILES string of the molecule is Cc1noc(Cl)c1CCC(=O)N1CCC(C(=O)c2ccc(CC(C)C)cc2)CC1. The van der Waals surface area contributed by atoms with Crippen molar-refractivity contribution in [2.45, 2.75) is 52.9 Å². The van der Waals surface area contributed by atoms with E-state index in [4.69, 9.17) is 16.1 Å². The van der Waals surface area contributed by atoms with E-state index in [0.29, 0.717) is 44.7 Å². The topological polar surface area (TPSA) is 63.4 Å². The second-order valence-corrected chi connectivity index (χ2v) is 8.68. The van der Waals surface area contributed by atoms with Crippen molar-refractivity contribution in [3.05, 3.63) is 51.9 Å². The van der Waals surface area contributed by atoms with Crippen LogP contribution in [-0.2, 0) is 17.6 Å². The summed E-state index contributed by atoms with van der Waals surface area (Å²) in [4.78, 5) is 27.2. The van der Waals surface area contributed by atoms with Gasteiger partial charge in [0.05, 0.1) is 5.69 Å². The molecule has 0 spiro atoms. The minimum absolute atomic E-state index is 0.00948. The van der Waals surface area contributed by atoms with Crippen LogP contribution in [0.4, 0.5) is 0 Å². The lowest BCUT2D eigenvalue weighted by molar-refractivity contribution is -0.132. The molecule has 0 N–H and O–H groups in total. The molecule has 1 aromatic heterocycles. The Kier molecular flexibility index (Phi) is 7.12. The van der Waals surface area contributed by atoms with Crippen LogP contribution in [0.5, 0.6) is 0 Å². The molecule has 0 aliphatic carbocycles. The van der Waals surface area contributed by atoms with E-state index in [2.05, 4.69) is 31.1 Å². The molecule has 1 fully saturated rings. The van der Waals surface area contributed by atoms with Crippen molar-refractivity contribution >= 4 is 23.3 Å². The number of nitrogens with zero attached hydrogens (tertiary/aromatic N) is 2. The number of ketones is 1. The number of carbonyl (C=O) groups excluding carboxylic acids is 2. The zero-order valence-corrected chi connectivity index (χ0v) is 18.2. The maximum Gasteiger partial charge on any atom is 0.229 e. The summed E-state index contributed by atoms with van der Waals surface area (Å²) < 4.78 is 4.93. The van der Waals surface area contributed by atoms with Crippen LogP contribution in [-0.4, -0.2) is 34.8 Å². The average Bonchev–Trinajstić information content (AvgIpc) is 3.03. The van der Waals surface area contributed by atoms with Gasteiger partial charge in [0.2, 0.25) is 11.1 Å². The fourth-order valence-electron chi connectivity index (χ4n) is 3.93. The van der Waals surface area contributed by atoms with Crippen molar-refractivity contribution in [2.24, 2.45) is 11.8 Å². The minimum atomic E-state index is -0.00948. The van der Waals surface area contributed by atoms with Gasteiger partial charge < -0.3 is 9.42 Å². The summed E-state index contributed by atoms with van der Waals surface area (Å²) in [6, 6.07) is 8.01. The predicted octanol–water partition coefficient (Wildman–Crippen LogP) is 4.89. The smallest absolute Gasteiger partial charge is 0.229 e. The molecule has 0 bridgehead atoms.